The Morgan fingerprint density at radius 2 is 1.65 bits per heavy atom. The maximum absolute atomic E-state index is 13.7. The molecule has 2 unspecified atom stereocenters. The number of aromatic carboxylic acids is 1. The third kappa shape index (κ3) is 5.77. The van der Waals surface area contributed by atoms with E-state index in [1.165, 1.54) is 17.8 Å². The quantitative estimate of drug-likeness (QED) is 0.408. The van der Waals surface area contributed by atoms with Gasteiger partial charge >= 0.3 is 5.97 Å². The zero-order chi connectivity index (χ0) is 25.8. The maximum atomic E-state index is 13.7. The highest BCUT2D eigenvalue weighted by molar-refractivity contribution is 7.18. The summed E-state index contributed by atoms with van der Waals surface area (Å²) in [7, 11) is 0. The zero-order valence-corrected chi connectivity index (χ0v) is 21.6. The van der Waals surface area contributed by atoms with Gasteiger partial charge in [0.15, 0.2) is 0 Å². The van der Waals surface area contributed by atoms with Gasteiger partial charge in [0.1, 0.15) is 4.88 Å². The van der Waals surface area contributed by atoms with Crippen molar-refractivity contribution < 1.29 is 19.5 Å². The predicted octanol–water partition coefficient (Wildman–Crippen LogP) is 5.92. The molecule has 0 bridgehead atoms. The maximum Gasteiger partial charge on any atom is 0.348 e. The van der Waals surface area contributed by atoms with Gasteiger partial charge in [0.05, 0.1) is 12.1 Å². The predicted molar refractivity (Wildman–Crippen MR) is 146 cm³/mol. The van der Waals surface area contributed by atoms with Gasteiger partial charge < -0.3 is 15.3 Å². The molecular formula is C30H32N2O4S. The number of carbonyl (C=O) groups excluding carboxylic acids is 2. The van der Waals surface area contributed by atoms with Crippen LogP contribution in [0.1, 0.15) is 60.2 Å². The van der Waals surface area contributed by atoms with Gasteiger partial charge in [-0.15, -0.1) is 11.3 Å². The molecule has 192 valence electrons. The standard InChI is InChI=1S/C30H32N2O4S/c33-27(16-20-10-4-1-5-11-20)31-23-17-24(21-12-6-2-7-13-21)32(28(34)18-23)25-19-26(37-29(25)30(35)36)22-14-8-3-9-15-22/h1,3-5,8-11,14-15,19,21,23-24H,2,6-7,12-13,16-18H2,(H,31,33)(H,35,36). The second-order valence-corrected chi connectivity index (χ2v) is 11.1. The van der Waals surface area contributed by atoms with Crippen LogP contribution in [0.5, 0.6) is 0 Å². The first-order valence-corrected chi connectivity index (χ1v) is 13.9. The van der Waals surface area contributed by atoms with Crippen LogP contribution < -0.4 is 10.2 Å². The lowest BCUT2D eigenvalue weighted by atomic mass is 9.78. The van der Waals surface area contributed by atoms with Crippen molar-refractivity contribution in [2.45, 2.75) is 63.5 Å². The monoisotopic (exact) mass is 516 g/mol. The second kappa shape index (κ2) is 11.3. The van der Waals surface area contributed by atoms with Crippen LogP contribution in [0.3, 0.4) is 0 Å². The van der Waals surface area contributed by atoms with Crippen molar-refractivity contribution in [1.29, 1.82) is 0 Å². The van der Waals surface area contributed by atoms with E-state index in [9.17, 15) is 19.5 Å². The molecule has 1 aliphatic carbocycles. The van der Waals surface area contributed by atoms with Crippen molar-refractivity contribution in [1.82, 2.24) is 5.32 Å². The van der Waals surface area contributed by atoms with Crippen molar-refractivity contribution in [2.75, 3.05) is 4.90 Å². The number of nitrogens with zero attached hydrogens (tertiary/aromatic N) is 1. The number of benzene rings is 2. The Morgan fingerprint density at radius 3 is 2.32 bits per heavy atom. The topological polar surface area (TPSA) is 86.7 Å². The van der Waals surface area contributed by atoms with Crippen molar-refractivity contribution in [3.05, 3.63) is 77.2 Å². The average molecular weight is 517 g/mol. The van der Waals surface area contributed by atoms with Crippen LogP contribution in [0.25, 0.3) is 10.4 Å². The van der Waals surface area contributed by atoms with Crippen molar-refractivity contribution in [3.8, 4) is 10.4 Å². The third-order valence-corrected chi connectivity index (χ3v) is 8.70. The highest BCUT2D eigenvalue weighted by atomic mass is 32.1. The molecule has 2 aromatic carbocycles. The molecule has 7 heteroatoms. The van der Waals surface area contributed by atoms with E-state index in [1.807, 2.05) is 66.7 Å². The van der Waals surface area contributed by atoms with E-state index < -0.39 is 5.97 Å². The van der Waals surface area contributed by atoms with Gasteiger partial charge in [0, 0.05) is 23.4 Å². The molecule has 1 aromatic heterocycles. The number of anilines is 1. The Bertz CT molecular complexity index is 1250. The molecule has 2 aliphatic rings. The van der Waals surface area contributed by atoms with E-state index in [1.54, 1.807) is 4.90 Å². The Hall–Kier alpha value is -3.45. The second-order valence-electron chi connectivity index (χ2n) is 10.1. The summed E-state index contributed by atoms with van der Waals surface area (Å²) < 4.78 is 0. The lowest BCUT2D eigenvalue weighted by molar-refractivity contribution is -0.124. The summed E-state index contributed by atoms with van der Waals surface area (Å²) in [6, 6.07) is 20.7. The summed E-state index contributed by atoms with van der Waals surface area (Å²) in [6.07, 6.45) is 6.50. The van der Waals surface area contributed by atoms with E-state index in [4.69, 9.17) is 0 Å². The van der Waals surface area contributed by atoms with Gasteiger partial charge in [-0.25, -0.2) is 4.79 Å². The summed E-state index contributed by atoms with van der Waals surface area (Å²) in [5, 5.41) is 13.2. The molecule has 5 rings (SSSR count). The van der Waals surface area contributed by atoms with Crippen LogP contribution in [0.15, 0.2) is 66.7 Å². The number of hydrogen-bond acceptors (Lipinski definition) is 4. The van der Waals surface area contributed by atoms with Crippen LogP contribution in [0.4, 0.5) is 5.69 Å². The Morgan fingerprint density at radius 1 is 0.973 bits per heavy atom. The van der Waals surface area contributed by atoms with E-state index in [0.29, 0.717) is 12.1 Å². The largest absolute Gasteiger partial charge is 0.477 e. The molecule has 1 saturated carbocycles. The molecular weight excluding hydrogens is 484 g/mol. The van der Waals surface area contributed by atoms with E-state index in [-0.39, 0.29) is 47.5 Å². The Kier molecular flexibility index (Phi) is 7.70. The van der Waals surface area contributed by atoms with Crippen LogP contribution in [-0.2, 0) is 16.0 Å². The molecule has 2 atom stereocenters. The number of rotatable bonds is 7. The number of piperidine rings is 1. The lowest BCUT2D eigenvalue weighted by Gasteiger charge is -2.44. The number of carboxylic acid groups (broad SMARTS) is 1. The highest BCUT2D eigenvalue weighted by Gasteiger charge is 2.41. The van der Waals surface area contributed by atoms with Crippen molar-refractivity contribution >= 4 is 34.8 Å². The van der Waals surface area contributed by atoms with Crippen LogP contribution in [-0.4, -0.2) is 35.0 Å². The Balaban J connectivity index is 1.43. The molecule has 0 spiro atoms. The molecule has 6 nitrogen and oxygen atoms in total. The van der Waals surface area contributed by atoms with Crippen LogP contribution in [0.2, 0.25) is 0 Å². The smallest absolute Gasteiger partial charge is 0.348 e. The molecule has 0 radical (unpaired) electrons. The summed E-state index contributed by atoms with van der Waals surface area (Å²) in [5.74, 6) is -0.941. The molecule has 2 N–H and O–H groups in total. The average Bonchev–Trinajstić information content (AvgIpc) is 3.35. The molecule has 37 heavy (non-hydrogen) atoms. The summed E-state index contributed by atoms with van der Waals surface area (Å²) >= 11 is 1.21. The zero-order valence-electron chi connectivity index (χ0n) is 20.8. The normalized spacial score (nSPS) is 20.5. The minimum atomic E-state index is -1.02. The van der Waals surface area contributed by atoms with Gasteiger partial charge in [-0.1, -0.05) is 79.9 Å². The van der Waals surface area contributed by atoms with Gasteiger partial charge in [-0.2, -0.15) is 0 Å². The number of nitrogens with one attached hydrogen (secondary N) is 1. The first-order valence-electron chi connectivity index (χ1n) is 13.1. The molecule has 3 aromatic rings. The van der Waals surface area contributed by atoms with Gasteiger partial charge in [-0.3, -0.25) is 9.59 Å². The van der Waals surface area contributed by atoms with Crippen molar-refractivity contribution in [3.63, 3.8) is 0 Å². The summed E-state index contributed by atoms with van der Waals surface area (Å²) in [6.45, 7) is 0. The van der Waals surface area contributed by atoms with Gasteiger partial charge in [0.2, 0.25) is 11.8 Å². The summed E-state index contributed by atoms with van der Waals surface area (Å²) in [4.78, 5) is 41.6. The molecule has 2 heterocycles. The fraction of sp³-hybridized carbons (Fsp3) is 0.367. The molecule has 1 saturated heterocycles. The first kappa shape index (κ1) is 25.2. The minimum Gasteiger partial charge on any atom is -0.477 e. The van der Waals surface area contributed by atoms with Crippen LogP contribution in [0, 0.1) is 5.92 Å². The number of carboxylic acids is 1. The van der Waals surface area contributed by atoms with Crippen LogP contribution >= 0.6 is 11.3 Å². The lowest BCUT2D eigenvalue weighted by Crippen LogP contribution is -2.56. The molecule has 2 fully saturated rings. The van der Waals surface area contributed by atoms with E-state index in [0.717, 1.165) is 41.7 Å². The number of carbonyl (C=O) groups is 3. The third-order valence-electron chi connectivity index (χ3n) is 7.54. The minimum absolute atomic E-state index is 0.0898. The highest BCUT2D eigenvalue weighted by Crippen LogP contribution is 2.43. The Labute approximate surface area is 221 Å². The SMILES string of the molecule is O=C(Cc1ccccc1)NC1CC(=O)N(c2cc(-c3ccccc3)sc2C(=O)O)C(C2CCCCC2)C1. The number of thiophene rings is 1. The first-order chi connectivity index (χ1) is 18.0. The number of hydrogen-bond donors (Lipinski definition) is 2. The van der Waals surface area contributed by atoms with Gasteiger partial charge in [-0.05, 0) is 42.4 Å². The summed E-state index contributed by atoms with van der Waals surface area (Å²) in [5.41, 5.74) is 2.36. The van der Waals surface area contributed by atoms with Crippen molar-refractivity contribution in [2.24, 2.45) is 5.92 Å². The van der Waals surface area contributed by atoms with Gasteiger partial charge in [0.25, 0.3) is 0 Å². The molecule has 2 amide bonds. The number of amides is 2. The molecule has 1 aliphatic heterocycles. The van der Waals surface area contributed by atoms with E-state index >= 15 is 0 Å². The van der Waals surface area contributed by atoms with E-state index in [2.05, 4.69) is 5.32 Å². The fourth-order valence-corrected chi connectivity index (χ4v) is 6.83. The fourth-order valence-electron chi connectivity index (χ4n) is 5.84.